The van der Waals surface area contributed by atoms with E-state index in [4.69, 9.17) is 11.1 Å². The summed E-state index contributed by atoms with van der Waals surface area (Å²) in [4.78, 5) is 33.7. The van der Waals surface area contributed by atoms with Gasteiger partial charge in [0.05, 0.1) is 22.7 Å². The number of carbonyl (C=O) groups excluding carboxylic acids is 1. The molecule has 1 aromatic heterocycles. The van der Waals surface area contributed by atoms with Crippen molar-refractivity contribution in [2.24, 2.45) is 5.73 Å². The second kappa shape index (κ2) is 10.2. The summed E-state index contributed by atoms with van der Waals surface area (Å²) in [6.45, 7) is -0.217. The number of phenols is 2. The van der Waals surface area contributed by atoms with Gasteiger partial charge in [-0.3, -0.25) is 10.2 Å². The summed E-state index contributed by atoms with van der Waals surface area (Å²) in [6, 6.07) is 9.15. The maximum atomic E-state index is 14.1. The van der Waals surface area contributed by atoms with Gasteiger partial charge in [-0.15, -0.1) is 12.4 Å². The van der Waals surface area contributed by atoms with Crippen LogP contribution >= 0.6 is 12.4 Å². The van der Waals surface area contributed by atoms with Gasteiger partial charge >= 0.3 is 5.97 Å². The number of β-amino-alcohol motifs (C(OH)–C–C–N with tert-alkyl or cyclic N) is 1. The molecule has 0 spiro atoms. The lowest BCUT2D eigenvalue weighted by Crippen LogP contribution is -2.40. The van der Waals surface area contributed by atoms with Crippen molar-refractivity contribution in [2.45, 2.75) is 18.6 Å². The minimum Gasteiger partial charge on any atom is -0.507 e. The van der Waals surface area contributed by atoms with Crippen molar-refractivity contribution in [3.05, 3.63) is 65.5 Å². The third-order valence-corrected chi connectivity index (χ3v) is 6.48. The molecule has 1 amide bonds. The summed E-state index contributed by atoms with van der Waals surface area (Å²) in [5.74, 6) is -3.58. The number of nitrogen functional groups attached to an aromatic ring is 1. The number of phenolic OH excluding ortho intramolecular Hbond substituents is 2. The molecule has 1 unspecified atom stereocenters. The number of aromatic amines is 1. The summed E-state index contributed by atoms with van der Waals surface area (Å²) in [5.41, 5.74) is 6.67. The molecular formula is C26H23ClFN5O6. The molecule has 39 heavy (non-hydrogen) atoms. The molecule has 8 N–H and O–H groups in total. The number of aliphatic carboxylic acids is 1. The SMILES string of the molecule is Cl.N=C(N)c1ccc2nc(-c3cc(C(=O)N4C[C@H](O)CC4C(=O)O)cc(-c4cc(F)ccc4O)c3O)[nH]c2c1. The van der Waals surface area contributed by atoms with Crippen LogP contribution in [0, 0.1) is 11.2 Å². The van der Waals surface area contributed by atoms with E-state index in [0.717, 1.165) is 23.1 Å². The average molecular weight is 556 g/mol. The Bertz CT molecular complexity index is 1640. The fourth-order valence-electron chi connectivity index (χ4n) is 4.61. The van der Waals surface area contributed by atoms with Crippen molar-refractivity contribution in [3.63, 3.8) is 0 Å². The van der Waals surface area contributed by atoms with Crippen LogP contribution in [0.25, 0.3) is 33.5 Å². The largest absolute Gasteiger partial charge is 0.507 e. The second-order valence-corrected chi connectivity index (χ2v) is 9.01. The third-order valence-electron chi connectivity index (χ3n) is 6.48. The summed E-state index contributed by atoms with van der Waals surface area (Å²) in [6.07, 6.45) is -1.18. The van der Waals surface area contributed by atoms with Gasteiger partial charge in [0.25, 0.3) is 5.91 Å². The molecule has 1 saturated heterocycles. The molecule has 0 saturated carbocycles. The Labute approximate surface area is 226 Å². The van der Waals surface area contributed by atoms with Crippen LogP contribution in [0.1, 0.15) is 22.3 Å². The van der Waals surface area contributed by atoms with Gasteiger partial charge in [0.2, 0.25) is 0 Å². The third kappa shape index (κ3) is 4.94. The van der Waals surface area contributed by atoms with Crippen molar-refractivity contribution >= 4 is 41.2 Å². The molecule has 202 valence electrons. The Kier molecular flexibility index (Phi) is 7.18. The first kappa shape index (κ1) is 27.4. The number of benzene rings is 3. The fraction of sp³-hybridized carbons (Fsp3) is 0.154. The molecule has 2 atom stereocenters. The highest BCUT2D eigenvalue weighted by atomic mass is 35.5. The number of carboxylic acids is 1. The Morgan fingerprint density at radius 2 is 1.77 bits per heavy atom. The van der Waals surface area contributed by atoms with E-state index < -0.39 is 35.6 Å². The molecule has 0 bridgehead atoms. The number of aromatic nitrogens is 2. The number of rotatable bonds is 5. The predicted octanol–water partition coefficient (Wildman–Crippen LogP) is 2.81. The standard InChI is InChI=1S/C26H22FN5O6.ClH/c27-13-2-4-21(34)15(8-13)16-5-12(25(36)32-10-14(33)9-20(32)26(37)38)6-17(22(16)35)24-30-18-3-1-11(23(28)29)7-19(18)31-24;/h1-8,14,20,33-35H,9-10H2,(H3,28,29)(H,30,31)(H,37,38);1H/t14-,20?;/m1./s1. The molecule has 1 aliphatic rings. The highest BCUT2D eigenvalue weighted by Gasteiger charge is 2.39. The van der Waals surface area contributed by atoms with Crippen LogP contribution in [0.5, 0.6) is 11.5 Å². The summed E-state index contributed by atoms with van der Waals surface area (Å²) < 4.78 is 14.1. The molecule has 11 nitrogen and oxygen atoms in total. The zero-order chi connectivity index (χ0) is 27.3. The van der Waals surface area contributed by atoms with E-state index in [0.29, 0.717) is 16.6 Å². The van der Waals surface area contributed by atoms with Gasteiger partial charge in [0.1, 0.15) is 35.0 Å². The predicted molar refractivity (Wildman–Crippen MR) is 142 cm³/mol. The molecule has 1 fully saturated rings. The van der Waals surface area contributed by atoms with E-state index in [1.807, 2.05) is 0 Å². The first-order chi connectivity index (χ1) is 18.0. The maximum Gasteiger partial charge on any atom is 0.326 e. The Morgan fingerprint density at radius 1 is 1.05 bits per heavy atom. The monoisotopic (exact) mass is 555 g/mol. The molecule has 0 radical (unpaired) electrons. The quantitative estimate of drug-likeness (QED) is 0.144. The van der Waals surface area contributed by atoms with Crippen molar-refractivity contribution in [3.8, 4) is 34.0 Å². The van der Waals surface area contributed by atoms with E-state index in [1.54, 1.807) is 18.2 Å². The minimum absolute atomic E-state index is 0. The number of aliphatic hydroxyl groups excluding tert-OH is 1. The van der Waals surface area contributed by atoms with Crippen LogP contribution in [0.3, 0.4) is 0 Å². The zero-order valence-corrected chi connectivity index (χ0v) is 20.9. The van der Waals surface area contributed by atoms with Gasteiger partial charge in [0, 0.05) is 35.2 Å². The molecular weight excluding hydrogens is 533 g/mol. The number of nitrogens with one attached hydrogen (secondary N) is 2. The number of aromatic hydroxyl groups is 2. The number of nitrogens with zero attached hydrogens (tertiary/aromatic N) is 2. The van der Waals surface area contributed by atoms with Gasteiger partial charge < -0.3 is 36.0 Å². The van der Waals surface area contributed by atoms with Crippen molar-refractivity contribution in [1.29, 1.82) is 5.41 Å². The lowest BCUT2D eigenvalue weighted by atomic mass is 9.96. The number of amides is 1. The molecule has 13 heteroatoms. The Morgan fingerprint density at radius 3 is 2.46 bits per heavy atom. The summed E-state index contributed by atoms with van der Waals surface area (Å²) in [7, 11) is 0. The molecule has 2 heterocycles. The number of H-pyrrole nitrogens is 1. The van der Waals surface area contributed by atoms with Crippen LogP contribution in [0.15, 0.2) is 48.5 Å². The first-order valence-electron chi connectivity index (χ1n) is 11.5. The van der Waals surface area contributed by atoms with Crippen LogP contribution in [0.2, 0.25) is 0 Å². The molecule has 1 aliphatic heterocycles. The number of hydrogen-bond acceptors (Lipinski definition) is 7. The number of carboxylic acid groups (broad SMARTS) is 1. The topological polar surface area (TPSA) is 197 Å². The minimum atomic E-state index is -1.28. The Balaban J connectivity index is 0.00000353. The number of imidazole rings is 1. The first-order valence-corrected chi connectivity index (χ1v) is 11.5. The van der Waals surface area contributed by atoms with Gasteiger partial charge in [-0.25, -0.2) is 14.2 Å². The summed E-state index contributed by atoms with van der Waals surface area (Å²) in [5, 5.41) is 48.9. The van der Waals surface area contributed by atoms with Gasteiger partial charge in [0.15, 0.2) is 0 Å². The number of carbonyl (C=O) groups is 2. The van der Waals surface area contributed by atoms with Gasteiger partial charge in [-0.2, -0.15) is 0 Å². The lowest BCUT2D eigenvalue weighted by Gasteiger charge is -2.22. The molecule has 5 rings (SSSR count). The van der Waals surface area contributed by atoms with Crippen molar-refractivity contribution in [1.82, 2.24) is 14.9 Å². The second-order valence-electron chi connectivity index (χ2n) is 9.01. The van der Waals surface area contributed by atoms with E-state index in [9.17, 15) is 34.4 Å². The van der Waals surface area contributed by atoms with Gasteiger partial charge in [-0.1, -0.05) is 0 Å². The van der Waals surface area contributed by atoms with Crippen molar-refractivity contribution < 1.29 is 34.4 Å². The molecule has 3 aromatic carbocycles. The van der Waals surface area contributed by atoms with E-state index in [1.165, 1.54) is 12.1 Å². The number of halogens is 2. The molecule has 4 aromatic rings. The molecule has 0 aliphatic carbocycles. The number of nitrogens with two attached hydrogens (primary N) is 1. The maximum absolute atomic E-state index is 14.1. The smallest absolute Gasteiger partial charge is 0.326 e. The lowest BCUT2D eigenvalue weighted by molar-refractivity contribution is -0.141. The Hall–Kier alpha value is -4.68. The van der Waals surface area contributed by atoms with Crippen LogP contribution in [-0.2, 0) is 4.79 Å². The highest BCUT2D eigenvalue weighted by Crippen LogP contribution is 2.42. The number of likely N-dealkylation sites (tertiary alicyclic amines) is 1. The number of hydrogen-bond donors (Lipinski definition) is 7. The van der Waals surface area contributed by atoms with Crippen molar-refractivity contribution in [2.75, 3.05) is 6.54 Å². The average Bonchev–Trinajstić information content (AvgIpc) is 3.48. The normalized spacial score (nSPS) is 16.7. The summed E-state index contributed by atoms with van der Waals surface area (Å²) >= 11 is 0. The van der Waals surface area contributed by atoms with Crippen LogP contribution < -0.4 is 5.73 Å². The highest BCUT2D eigenvalue weighted by molar-refractivity contribution is 6.02. The van der Waals surface area contributed by atoms with E-state index in [-0.39, 0.29) is 65.0 Å². The van der Waals surface area contributed by atoms with Gasteiger partial charge in [-0.05, 0) is 48.5 Å². The van der Waals surface area contributed by atoms with E-state index >= 15 is 0 Å². The van der Waals surface area contributed by atoms with Crippen LogP contribution in [0.4, 0.5) is 4.39 Å². The number of aliphatic hydroxyl groups is 1. The number of fused-ring (bicyclic) bond motifs is 1. The van der Waals surface area contributed by atoms with E-state index in [2.05, 4.69) is 9.97 Å². The number of amidine groups is 1. The van der Waals surface area contributed by atoms with Crippen LogP contribution in [-0.4, -0.2) is 71.7 Å². The zero-order valence-electron chi connectivity index (χ0n) is 20.1. The fourth-order valence-corrected chi connectivity index (χ4v) is 4.61.